The number of benzene rings is 1. The minimum Gasteiger partial charge on any atom is -0.385 e. The molecule has 0 heterocycles. The summed E-state index contributed by atoms with van der Waals surface area (Å²) in [5.41, 5.74) is 4.53. The molecule has 0 saturated heterocycles. The SMILES string of the molecule is COCCCNC(=O)C(=O)N[C@H](C)c1cc(C)c(C)cc1C. The summed E-state index contributed by atoms with van der Waals surface area (Å²) in [5, 5.41) is 5.32. The third-order valence-electron chi connectivity index (χ3n) is 3.71. The van der Waals surface area contributed by atoms with Crippen molar-refractivity contribution in [3.8, 4) is 0 Å². The molecule has 0 bridgehead atoms. The van der Waals surface area contributed by atoms with E-state index in [0.29, 0.717) is 19.6 Å². The first kappa shape index (κ1) is 18.2. The van der Waals surface area contributed by atoms with Gasteiger partial charge in [0.05, 0.1) is 6.04 Å². The van der Waals surface area contributed by atoms with Crippen LogP contribution < -0.4 is 10.6 Å². The minimum absolute atomic E-state index is 0.212. The van der Waals surface area contributed by atoms with E-state index < -0.39 is 11.8 Å². The van der Waals surface area contributed by atoms with E-state index >= 15 is 0 Å². The highest BCUT2D eigenvalue weighted by atomic mass is 16.5. The van der Waals surface area contributed by atoms with E-state index in [1.165, 1.54) is 11.1 Å². The van der Waals surface area contributed by atoms with Gasteiger partial charge in [0.2, 0.25) is 0 Å². The third-order valence-corrected chi connectivity index (χ3v) is 3.71. The van der Waals surface area contributed by atoms with Crippen molar-refractivity contribution in [1.29, 1.82) is 0 Å². The molecule has 0 aliphatic rings. The van der Waals surface area contributed by atoms with Gasteiger partial charge in [0.1, 0.15) is 0 Å². The van der Waals surface area contributed by atoms with E-state index in [4.69, 9.17) is 4.74 Å². The van der Waals surface area contributed by atoms with Gasteiger partial charge in [0.25, 0.3) is 0 Å². The Bertz CT molecular complexity index is 541. The summed E-state index contributed by atoms with van der Waals surface area (Å²) in [7, 11) is 1.60. The molecule has 2 N–H and O–H groups in total. The maximum absolute atomic E-state index is 11.9. The van der Waals surface area contributed by atoms with Crippen molar-refractivity contribution in [2.24, 2.45) is 0 Å². The van der Waals surface area contributed by atoms with Crippen molar-refractivity contribution < 1.29 is 14.3 Å². The second kappa shape index (κ2) is 8.54. The summed E-state index contributed by atoms with van der Waals surface area (Å²) in [6, 6.07) is 3.95. The van der Waals surface area contributed by atoms with Gasteiger partial charge in [-0.05, 0) is 56.4 Å². The molecule has 0 radical (unpaired) electrons. The number of amides is 2. The molecular weight excluding hydrogens is 280 g/mol. The Morgan fingerprint density at radius 1 is 1.09 bits per heavy atom. The summed E-state index contributed by atoms with van der Waals surface area (Å²) >= 11 is 0. The number of carbonyl (C=O) groups is 2. The molecule has 0 unspecified atom stereocenters. The molecule has 0 aromatic heterocycles. The minimum atomic E-state index is -0.609. The largest absolute Gasteiger partial charge is 0.385 e. The summed E-state index contributed by atoms with van der Waals surface area (Å²) in [4.78, 5) is 23.6. The molecule has 0 aliphatic heterocycles. The molecule has 5 heteroatoms. The molecule has 1 aromatic rings. The summed E-state index contributed by atoms with van der Waals surface area (Å²) in [6.45, 7) is 8.97. The third kappa shape index (κ3) is 5.15. The van der Waals surface area contributed by atoms with Gasteiger partial charge in [0.15, 0.2) is 0 Å². The fourth-order valence-corrected chi connectivity index (χ4v) is 2.29. The molecule has 2 amide bonds. The van der Waals surface area contributed by atoms with Crippen LogP contribution in [0.4, 0.5) is 0 Å². The number of ether oxygens (including phenoxy) is 1. The van der Waals surface area contributed by atoms with Gasteiger partial charge in [-0.15, -0.1) is 0 Å². The predicted molar refractivity (Wildman–Crippen MR) is 86.7 cm³/mol. The monoisotopic (exact) mass is 306 g/mol. The molecule has 0 saturated carbocycles. The number of hydrogen-bond donors (Lipinski definition) is 2. The predicted octanol–water partition coefficient (Wildman–Crippen LogP) is 1.94. The highest BCUT2D eigenvalue weighted by Gasteiger charge is 2.18. The highest BCUT2D eigenvalue weighted by Crippen LogP contribution is 2.21. The van der Waals surface area contributed by atoms with Gasteiger partial charge < -0.3 is 15.4 Å². The number of rotatable bonds is 6. The number of methoxy groups -OCH3 is 1. The first-order valence-electron chi connectivity index (χ1n) is 7.52. The Labute approximate surface area is 132 Å². The molecule has 0 aliphatic carbocycles. The van der Waals surface area contributed by atoms with Crippen LogP contribution in [0.2, 0.25) is 0 Å². The summed E-state index contributed by atoms with van der Waals surface area (Å²) in [6.07, 6.45) is 0.682. The smallest absolute Gasteiger partial charge is 0.309 e. The Morgan fingerprint density at radius 2 is 1.73 bits per heavy atom. The summed E-state index contributed by atoms with van der Waals surface area (Å²) in [5.74, 6) is -1.22. The Balaban J connectivity index is 2.60. The number of carbonyl (C=O) groups excluding carboxylic acids is 2. The molecular formula is C17H26N2O3. The van der Waals surface area contributed by atoms with Crippen LogP contribution in [-0.4, -0.2) is 32.1 Å². The van der Waals surface area contributed by atoms with E-state index in [-0.39, 0.29) is 6.04 Å². The first-order valence-corrected chi connectivity index (χ1v) is 7.52. The fourth-order valence-electron chi connectivity index (χ4n) is 2.29. The quantitative estimate of drug-likeness (QED) is 0.623. The average Bonchev–Trinajstić information content (AvgIpc) is 2.46. The maximum atomic E-state index is 11.9. The van der Waals surface area contributed by atoms with E-state index in [1.54, 1.807) is 7.11 Å². The van der Waals surface area contributed by atoms with Crippen LogP contribution in [-0.2, 0) is 14.3 Å². The molecule has 22 heavy (non-hydrogen) atoms. The van der Waals surface area contributed by atoms with Crippen LogP contribution in [0.1, 0.15) is 41.6 Å². The van der Waals surface area contributed by atoms with Crippen molar-refractivity contribution in [1.82, 2.24) is 10.6 Å². The zero-order chi connectivity index (χ0) is 16.7. The van der Waals surface area contributed by atoms with Crippen LogP contribution in [0, 0.1) is 20.8 Å². The van der Waals surface area contributed by atoms with Crippen LogP contribution >= 0.6 is 0 Å². The molecule has 122 valence electrons. The standard InChI is InChI=1S/C17H26N2O3/c1-11-9-13(3)15(10-12(11)2)14(4)19-17(21)16(20)18-7-6-8-22-5/h9-10,14H,6-8H2,1-5H3,(H,18,20)(H,19,21)/t14-/m1/s1. The lowest BCUT2D eigenvalue weighted by molar-refractivity contribution is -0.139. The Hall–Kier alpha value is -1.88. The van der Waals surface area contributed by atoms with E-state index in [0.717, 1.165) is 11.1 Å². The lowest BCUT2D eigenvalue weighted by Crippen LogP contribution is -2.41. The van der Waals surface area contributed by atoms with E-state index in [2.05, 4.69) is 29.7 Å². The van der Waals surface area contributed by atoms with Gasteiger partial charge in [-0.2, -0.15) is 0 Å². The van der Waals surface area contributed by atoms with Crippen LogP contribution in [0.15, 0.2) is 12.1 Å². The number of nitrogens with one attached hydrogen (secondary N) is 2. The molecule has 1 atom stereocenters. The van der Waals surface area contributed by atoms with Gasteiger partial charge in [-0.25, -0.2) is 0 Å². The van der Waals surface area contributed by atoms with Gasteiger partial charge in [0, 0.05) is 20.3 Å². The van der Waals surface area contributed by atoms with Crippen molar-refractivity contribution in [3.63, 3.8) is 0 Å². The zero-order valence-corrected chi connectivity index (χ0v) is 14.1. The van der Waals surface area contributed by atoms with Gasteiger partial charge >= 0.3 is 11.8 Å². The topological polar surface area (TPSA) is 67.4 Å². The van der Waals surface area contributed by atoms with Crippen molar-refractivity contribution >= 4 is 11.8 Å². The second-order valence-corrected chi connectivity index (χ2v) is 5.59. The van der Waals surface area contributed by atoms with E-state index in [1.807, 2.05) is 20.8 Å². The van der Waals surface area contributed by atoms with Crippen molar-refractivity contribution in [2.45, 2.75) is 40.2 Å². The van der Waals surface area contributed by atoms with Gasteiger partial charge in [-0.1, -0.05) is 12.1 Å². The number of hydrogen-bond acceptors (Lipinski definition) is 3. The zero-order valence-electron chi connectivity index (χ0n) is 14.1. The van der Waals surface area contributed by atoms with Crippen LogP contribution in [0.5, 0.6) is 0 Å². The normalized spacial score (nSPS) is 11.9. The second-order valence-electron chi connectivity index (χ2n) is 5.59. The van der Waals surface area contributed by atoms with Crippen molar-refractivity contribution in [3.05, 3.63) is 34.4 Å². The molecule has 5 nitrogen and oxygen atoms in total. The Morgan fingerprint density at radius 3 is 2.36 bits per heavy atom. The summed E-state index contributed by atoms with van der Waals surface area (Å²) < 4.78 is 4.89. The average molecular weight is 306 g/mol. The number of aryl methyl sites for hydroxylation is 3. The van der Waals surface area contributed by atoms with Gasteiger partial charge in [-0.3, -0.25) is 9.59 Å². The van der Waals surface area contributed by atoms with Crippen LogP contribution in [0.25, 0.3) is 0 Å². The molecule has 0 fully saturated rings. The lowest BCUT2D eigenvalue weighted by atomic mass is 9.96. The molecule has 1 aromatic carbocycles. The lowest BCUT2D eigenvalue weighted by Gasteiger charge is -2.18. The fraction of sp³-hybridized carbons (Fsp3) is 0.529. The molecule has 1 rings (SSSR count). The van der Waals surface area contributed by atoms with Crippen LogP contribution in [0.3, 0.4) is 0 Å². The first-order chi connectivity index (χ1) is 10.4. The highest BCUT2D eigenvalue weighted by molar-refractivity contribution is 6.35. The van der Waals surface area contributed by atoms with E-state index in [9.17, 15) is 9.59 Å². The maximum Gasteiger partial charge on any atom is 0.309 e. The molecule has 0 spiro atoms. The van der Waals surface area contributed by atoms with Crippen molar-refractivity contribution in [2.75, 3.05) is 20.3 Å². The Kier molecular flexibility index (Phi) is 7.05.